The van der Waals surface area contributed by atoms with Gasteiger partial charge in [0.15, 0.2) is 0 Å². The molecule has 1 N–H and O–H groups in total. The Morgan fingerprint density at radius 1 is 1.12 bits per heavy atom. The number of aromatic nitrogens is 2. The van der Waals surface area contributed by atoms with E-state index >= 15 is 0 Å². The number of ether oxygens (including phenoxy) is 1. The Morgan fingerprint density at radius 2 is 1.73 bits per heavy atom. The second-order valence-corrected chi connectivity index (χ2v) is 8.47. The van der Waals surface area contributed by atoms with Crippen LogP contribution in [0.1, 0.15) is 31.2 Å². The maximum absolute atomic E-state index is 12.9. The summed E-state index contributed by atoms with van der Waals surface area (Å²) >= 11 is 5.74. The fourth-order valence-electron chi connectivity index (χ4n) is 2.90. The van der Waals surface area contributed by atoms with Gasteiger partial charge in [-0.1, -0.05) is 23.7 Å². The number of nitrogens with one attached hydrogen (secondary N) is 1. The molecular formula is C17H19ClFN3O3S. The molecule has 1 aromatic carbocycles. The lowest BCUT2D eigenvalue weighted by molar-refractivity contribution is 0.132. The second-order valence-electron chi connectivity index (χ2n) is 6.28. The van der Waals surface area contributed by atoms with Crippen molar-refractivity contribution in [1.29, 1.82) is 0 Å². The Labute approximate surface area is 156 Å². The van der Waals surface area contributed by atoms with Gasteiger partial charge >= 0.3 is 6.01 Å². The Hall–Kier alpha value is -1.77. The van der Waals surface area contributed by atoms with Gasteiger partial charge in [0.05, 0.1) is 23.2 Å². The number of benzene rings is 1. The monoisotopic (exact) mass is 399 g/mol. The van der Waals surface area contributed by atoms with Crippen molar-refractivity contribution in [2.75, 3.05) is 0 Å². The van der Waals surface area contributed by atoms with E-state index in [9.17, 15) is 12.8 Å². The summed E-state index contributed by atoms with van der Waals surface area (Å²) in [4.78, 5) is 8.00. The van der Waals surface area contributed by atoms with Crippen molar-refractivity contribution in [1.82, 2.24) is 14.7 Å². The molecule has 26 heavy (non-hydrogen) atoms. The molecule has 140 valence electrons. The van der Waals surface area contributed by atoms with Crippen LogP contribution in [0.3, 0.4) is 0 Å². The molecule has 0 amide bonds. The summed E-state index contributed by atoms with van der Waals surface area (Å²) in [5.41, 5.74) is 0.552. The highest BCUT2D eigenvalue weighted by molar-refractivity contribution is 7.88. The summed E-state index contributed by atoms with van der Waals surface area (Å²) in [5, 5.41) is 0.441. The molecular weight excluding hydrogens is 381 g/mol. The van der Waals surface area contributed by atoms with Crippen LogP contribution in [-0.2, 0) is 15.8 Å². The van der Waals surface area contributed by atoms with Gasteiger partial charge in [-0.2, -0.15) is 0 Å². The topological polar surface area (TPSA) is 81.2 Å². The van der Waals surface area contributed by atoms with Crippen molar-refractivity contribution < 1.29 is 17.5 Å². The van der Waals surface area contributed by atoms with Gasteiger partial charge in [-0.05, 0) is 43.4 Å². The van der Waals surface area contributed by atoms with Crippen LogP contribution in [-0.4, -0.2) is 30.5 Å². The number of rotatable bonds is 6. The minimum atomic E-state index is -3.48. The summed E-state index contributed by atoms with van der Waals surface area (Å²) in [7, 11) is -3.48. The number of nitrogens with zero attached hydrogens (tertiary/aromatic N) is 2. The molecule has 0 spiro atoms. The van der Waals surface area contributed by atoms with Gasteiger partial charge in [0.25, 0.3) is 0 Å². The zero-order valence-corrected chi connectivity index (χ0v) is 15.5. The van der Waals surface area contributed by atoms with Crippen LogP contribution in [0.5, 0.6) is 6.01 Å². The molecule has 0 saturated heterocycles. The van der Waals surface area contributed by atoms with E-state index in [-0.39, 0.29) is 29.7 Å². The molecule has 0 aliphatic heterocycles. The minimum absolute atomic E-state index is 0.0472. The Morgan fingerprint density at radius 3 is 2.35 bits per heavy atom. The summed E-state index contributed by atoms with van der Waals surface area (Å²) in [5.74, 6) is -0.551. The SMILES string of the molecule is O=S(=O)(Cc1ccc(F)cc1)NC1CCC(Oc2ncc(Cl)cn2)CC1. The minimum Gasteiger partial charge on any atom is -0.460 e. The van der Waals surface area contributed by atoms with Crippen molar-refractivity contribution in [2.24, 2.45) is 0 Å². The lowest BCUT2D eigenvalue weighted by Crippen LogP contribution is -2.40. The van der Waals surface area contributed by atoms with Crippen LogP contribution >= 0.6 is 11.6 Å². The molecule has 3 rings (SSSR count). The van der Waals surface area contributed by atoms with Crippen LogP contribution in [0.15, 0.2) is 36.7 Å². The van der Waals surface area contributed by atoms with Gasteiger partial charge in [-0.25, -0.2) is 27.5 Å². The van der Waals surface area contributed by atoms with Crippen molar-refractivity contribution in [3.63, 3.8) is 0 Å². The maximum Gasteiger partial charge on any atom is 0.316 e. The van der Waals surface area contributed by atoms with Crippen molar-refractivity contribution in [2.45, 2.75) is 43.6 Å². The lowest BCUT2D eigenvalue weighted by Gasteiger charge is -2.28. The van der Waals surface area contributed by atoms with Crippen molar-refractivity contribution in [3.05, 3.63) is 53.1 Å². The number of hydrogen-bond acceptors (Lipinski definition) is 5. The van der Waals surface area contributed by atoms with E-state index in [1.54, 1.807) is 0 Å². The average molecular weight is 400 g/mol. The van der Waals surface area contributed by atoms with Crippen molar-refractivity contribution in [3.8, 4) is 6.01 Å². The van der Waals surface area contributed by atoms with Crippen LogP contribution in [0, 0.1) is 5.82 Å². The van der Waals surface area contributed by atoms with Crippen LogP contribution in [0.2, 0.25) is 5.02 Å². The Bertz CT molecular complexity index is 823. The highest BCUT2D eigenvalue weighted by atomic mass is 35.5. The van der Waals surface area contributed by atoms with Gasteiger partial charge in [0, 0.05) is 6.04 Å². The predicted molar refractivity (Wildman–Crippen MR) is 95.9 cm³/mol. The average Bonchev–Trinajstić information content (AvgIpc) is 2.60. The van der Waals surface area contributed by atoms with Gasteiger partial charge in [-0.15, -0.1) is 0 Å². The number of halogens is 2. The van der Waals surface area contributed by atoms with Gasteiger partial charge in [0.1, 0.15) is 11.9 Å². The fourth-order valence-corrected chi connectivity index (χ4v) is 4.46. The van der Waals surface area contributed by atoms with E-state index < -0.39 is 10.0 Å². The molecule has 1 heterocycles. The van der Waals surface area contributed by atoms with Gasteiger partial charge in [-0.3, -0.25) is 0 Å². The summed E-state index contributed by atoms with van der Waals surface area (Å²) < 4.78 is 45.9. The number of sulfonamides is 1. The lowest BCUT2D eigenvalue weighted by atomic mass is 9.94. The molecule has 2 aromatic rings. The molecule has 0 bridgehead atoms. The normalized spacial score (nSPS) is 20.7. The predicted octanol–water partition coefficient (Wildman–Crippen LogP) is 3.08. The Kier molecular flexibility index (Phi) is 6.05. The highest BCUT2D eigenvalue weighted by Crippen LogP contribution is 2.23. The van der Waals surface area contributed by atoms with Crippen molar-refractivity contribution >= 4 is 21.6 Å². The molecule has 6 nitrogen and oxygen atoms in total. The highest BCUT2D eigenvalue weighted by Gasteiger charge is 2.26. The molecule has 0 radical (unpaired) electrons. The Balaban J connectivity index is 1.48. The molecule has 1 aromatic heterocycles. The summed E-state index contributed by atoms with van der Waals surface area (Å²) in [6.45, 7) is 0. The molecule has 9 heteroatoms. The van der Waals surface area contributed by atoms with E-state index in [4.69, 9.17) is 16.3 Å². The quantitative estimate of drug-likeness (QED) is 0.807. The zero-order valence-electron chi connectivity index (χ0n) is 13.9. The van der Waals surface area contributed by atoms with Crippen LogP contribution in [0.25, 0.3) is 0 Å². The van der Waals surface area contributed by atoms with E-state index in [1.165, 1.54) is 36.7 Å². The second kappa shape index (κ2) is 8.28. The maximum atomic E-state index is 12.9. The zero-order chi connectivity index (χ0) is 18.6. The standard InChI is InChI=1S/C17H19ClFN3O3S/c18-13-9-20-17(21-10-13)25-16-7-5-15(6-8-16)22-26(23,24)11-12-1-3-14(19)4-2-12/h1-4,9-10,15-16,22H,5-8,11H2. The summed E-state index contributed by atoms with van der Waals surface area (Å²) in [6.07, 6.45) is 5.64. The molecule has 1 aliphatic rings. The van der Waals surface area contributed by atoms with E-state index in [0.717, 1.165) is 0 Å². The van der Waals surface area contributed by atoms with Gasteiger partial charge in [0.2, 0.25) is 10.0 Å². The van der Waals surface area contributed by atoms with Crippen LogP contribution in [0.4, 0.5) is 4.39 Å². The first kappa shape index (κ1) is 19.0. The van der Waals surface area contributed by atoms with E-state index in [1.807, 2.05) is 0 Å². The molecule has 1 saturated carbocycles. The smallest absolute Gasteiger partial charge is 0.316 e. The third-order valence-corrected chi connectivity index (χ3v) is 5.76. The third-order valence-electron chi connectivity index (χ3n) is 4.16. The summed E-state index contributed by atoms with van der Waals surface area (Å²) in [6, 6.07) is 5.61. The fraction of sp³-hybridized carbons (Fsp3) is 0.412. The molecule has 0 unspecified atom stereocenters. The first-order valence-electron chi connectivity index (χ1n) is 8.28. The first-order chi connectivity index (χ1) is 12.4. The molecule has 0 atom stereocenters. The van der Waals surface area contributed by atoms with E-state index in [0.29, 0.717) is 36.3 Å². The molecule has 1 aliphatic carbocycles. The molecule has 1 fully saturated rings. The third kappa shape index (κ3) is 5.62. The van der Waals surface area contributed by atoms with E-state index in [2.05, 4.69) is 14.7 Å². The van der Waals surface area contributed by atoms with Gasteiger partial charge < -0.3 is 4.74 Å². The first-order valence-corrected chi connectivity index (χ1v) is 10.3. The van der Waals surface area contributed by atoms with Crippen LogP contribution < -0.4 is 9.46 Å². The number of hydrogen-bond donors (Lipinski definition) is 1. The largest absolute Gasteiger partial charge is 0.460 e.